The van der Waals surface area contributed by atoms with Crippen molar-refractivity contribution in [2.45, 2.75) is 18.3 Å². The van der Waals surface area contributed by atoms with Crippen LogP contribution in [0.5, 0.6) is 5.75 Å². The van der Waals surface area contributed by atoms with Crippen molar-refractivity contribution in [3.63, 3.8) is 0 Å². The number of guanidine groups is 1. The number of hydrogen-bond acceptors (Lipinski definition) is 4. The summed E-state index contributed by atoms with van der Waals surface area (Å²) in [7, 11) is 7.53. The fraction of sp³-hybridized carbons (Fsp3) is 0.409. The lowest BCUT2D eigenvalue weighted by Crippen LogP contribution is -2.41. The number of thioether (sulfide) groups is 1. The topological polar surface area (TPSA) is 48.9 Å². The van der Waals surface area contributed by atoms with E-state index in [0.717, 1.165) is 22.6 Å². The van der Waals surface area contributed by atoms with Crippen LogP contribution in [0.15, 0.2) is 47.5 Å². The maximum Gasteiger partial charge on any atom is 0.191 e. The molecule has 0 saturated carbocycles. The molecular weight excluding hydrogens is 514 g/mol. The van der Waals surface area contributed by atoms with E-state index in [0.29, 0.717) is 19.0 Å². The van der Waals surface area contributed by atoms with Gasteiger partial charge in [0.05, 0.1) is 13.2 Å². The number of aliphatic imine (C=N–C) groups is 1. The quantitative estimate of drug-likeness (QED) is 0.280. The van der Waals surface area contributed by atoms with Gasteiger partial charge in [-0.25, -0.2) is 4.39 Å². The maximum atomic E-state index is 13.6. The smallest absolute Gasteiger partial charge is 0.191 e. The van der Waals surface area contributed by atoms with Crippen molar-refractivity contribution in [3.8, 4) is 5.75 Å². The van der Waals surface area contributed by atoms with Gasteiger partial charge in [-0.3, -0.25) is 4.99 Å². The number of nitrogens with zero attached hydrogens (tertiary/aromatic N) is 2. The molecule has 1 atom stereocenters. The summed E-state index contributed by atoms with van der Waals surface area (Å²) >= 11 is 1.68. The molecule has 0 fully saturated rings. The normalized spacial score (nSPS) is 12.3. The average Bonchev–Trinajstić information content (AvgIpc) is 2.72. The van der Waals surface area contributed by atoms with Crippen molar-refractivity contribution in [2.75, 3.05) is 41.1 Å². The summed E-state index contributed by atoms with van der Waals surface area (Å²) in [6.45, 7) is 1.28. The van der Waals surface area contributed by atoms with Crippen LogP contribution in [0.2, 0.25) is 0 Å². The van der Waals surface area contributed by atoms with Crippen LogP contribution in [0.3, 0.4) is 0 Å². The lowest BCUT2D eigenvalue weighted by atomic mass is 10.1. The first-order valence-corrected chi connectivity index (χ1v) is 10.9. The van der Waals surface area contributed by atoms with Gasteiger partial charge in [0.2, 0.25) is 0 Å². The Labute approximate surface area is 200 Å². The number of halogens is 2. The fourth-order valence-corrected chi connectivity index (χ4v) is 3.65. The zero-order valence-corrected chi connectivity index (χ0v) is 21.4. The first-order valence-electron chi connectivity index (χ1n) is 9.49. The third kappa shape index (κ3) is 7.96. The summed E-state index contributed by atoms with van der Waals surface area (Å²) in [5.41, 5.74) is 3.27. The van der Waals surface area contributed by atoms with Gasteiger partial charge in [0.15, 0.2) is 5.96 Å². The van der Waals surface area contributed by atoms with E-state index in [1.165, 1.54) is 11.6 Å². The lowest BCUT2D eigenvalue weighted by Gasteiger charge is -2.26. The Balaban J connectivity index is 0.00000450. The number of methoxy groups -OCH3 is 1. The standard InChI is InChI=1S/C22H31FN4OS.HI/c1-24-22(25-13-17-6-9-19(23)12-18(17)15-29-5)26-14-21(27(2)3)16-7-10-20(28-4)11-8-16;/h6-12,21H,13-15H2,1-5H3,(H2,24,25,26);1H. The molecule has 8 heteroatoms. The van der Waals surface area contributed by atoms with Crippen molar-refractivity contribution in [3.05, 3.63) is 65.0 Å². The Hall–Kier alpha value is -1.52. The Morgan fingerprint density at radius 3 is 2.40 bits per heavy atom. The SMILES string of the molecule is CN=C(NCc1ccc(F)cc1CSC)NCC(c1ccc(OC)cc1)N(C)C.I. The molecule has 166 valence electrons. The van der Waals surface area contributed by atoms with Crippen LogP contribution in [0, 0.1) is 5.82 Å². The molecule has 1 unspecified atom stereocenters. The Morgan fingerprint density at radius 1 is 1.13 bits per heavy atom. The van der Waals surface area contributed by atoms with Gasteiger partial charge in [0, 0.05) is 25.9 Å². The second-order valence-electron chi connectivity index (χ2n) is 6.91. The van der Waals surface area contributed by atoms with Crippen molar-refractivity contribution < 1.29 is 9.13 Å². The predicted molar refractivity (Wildman–Crippen MR) is 137 cm³/mol. The highest BCUT2D eigenvalue weighted by Gasteiger charge is 2.15. The van der Waals surface area contributed by atoms with Gasteiger partial charge in [-0.05, 0) is 61.3 Å². The fourth-order valence-electron chi connectivity index (χ4n) is 3.07. The molecule has 0 radical (unpaired) electrons. The first kappa shape index (κ1) is 26.5. The zero-order chi connectivity index (χ0) is 21.2. The molecule has 2 aromatic carbocycles. The minimum absolute atomic E-state index is 0. The van der Waals surface area contributed by atoms with Gasteiger partial charge < -0.3 is 20.3 Å². The number of rotatable bonds is 9. The van der Waals surface area contributed by atoms with E-state index in [9.17, 15) is 4.39 Å². The van der Waals surface area contributed by atoms with Crippen LogP contribution in [-0.4, -0.2) is 51.9 Å². The Bertz CT molecular complexity index is 802. The molecule has 0 spiro atoms. The molecule has 0 aliphatic carbocycles. The van der Waals surface area contributed by atoms with E-state index in [4.69, 9.17) is 4.74 Å². The highest BCUT2D eigenvalue weighted by molar-refractivity contribution is 14.0. The summed E-state index contributed by atoms with van der Waals surface area (Å²) in [6, 6.07) is 13.2. The third-order valence-corrected chi connectivity index (χ3v) is 5.32. The molecule has 0 aliphatic heterocycles. The molecule has 2 N–H and O–H groups in total. The minimum atomic E-state index is -0.200. The van der Waals surface area contributed by atoms with Crippen LogP contribution >= 0.6 is 35.7 Å². The summed E-state index contributed by atoms with van der Waals surface area (Å²) in [5.74, 6) is 2.14. The lowest BCUT2D eigenvalue weighted by molar-refractivity contribution is 0.298. The van der Waals surface area contributed by atoms with E-state index >= 15 is 0 Å². The molecule has 2 aromatic rings. The van der Waals surface area contributed by atoms with Gasteiger partial charge in [-0.15, -0.1) is 24.0 Å². The second-order valence-corrected chi connectivity index (χ2v) is 7.77. The number of nitrogens with one attached hydrogen (secondary N) is 2. The van der Waals surface area contributed by atoms with Crippen molar-refractivity contribution in [2.24, 2.45) is 4.99 Å². The summed E-state index contributed by atoms with van der Waals surface area (Å²) < 4.78 is 18.8. The van der Waals surface area contributed by atoms with Crippen LogP contribution in [0.4, 0.5) is 4.39 Å². The number of likely N-dealkylation sites (N-methyl/N-ethyl adjacent to an activating group) is 1. The Morgan fingerprint density at radius 2 is 1.83 bits per heavy atom. The third-order valence-electron chi connectivity index (χ3n) is 4.72. The van der Waals surface area contributed by atoms with Crippen LogP contribution < -0.4 is 15.4 Å². The monoisotopic (exact) mass is 546 g/mol. The molecule has 0 bridgehead atoms. The van der Waals surface area contributed by atoms with Gasteiger partial charge >= 0.3 is 0 Å². The molecule has 30 heavy (non-hydrogen) atoms. The maximum absolute atomic E-state index is 13.6. The molecule has 0 aliphatic rings. The highest BCUT2D eigenvalue weighted by atomic mass is 127. The molecule has 0 aromatic heterocycles. The number of hydrogen-bond donors (Lipinski definition) is 2. The number of ether oxygens (including phenoxy) is 1. The summed E-state index contributed by atoms with van der Waals surface area (Å²) in [4.78, 5) is 6.49. The molecule has 0 heterocycles. The van der Waals surface area contributed by atoms with Crippen molar-refractivity contribution in [1.29, 1.82) is 0 Å². The summed E-state index contributed by atoms with van der Waals surface area (Å²) in [6.07, 6.45) is 2.02. The van der Waals surface area contributed by atoms with Gasteiger partial charge in [-0.2, -0.15) is 11.8 Å². The molecule has 0 amide bonds. The average molecular weight is 546 g/mol. The van der Waals surface area contributed by atoms with E-state index in [1.807, 2.05) is 24.5 Å². The predicted octanol–water partition coefficient (Wildman–Crippen LogP) is 4.28. The van der Waals surface area contributed by atoms with Crippen LogP contribution in [-0.2, 0) is 12.3 Å². The zero-order valence-electron chi connectivity index (χ0n) is 18.2. The Kier molecular flexibility index (Phi) is 12.1. The van der Waals surface area contributed by atoms with E-state index in [-0.39, 0.29) is 35.8 Å². The van der Waals surface area contributed by atoms with Gasteiger partial charge in [0.25, 0.3) is 0 Å². The van der Waals surface area contributed by atoms with Crippen LogP contribution in [0.25, 0.3) is 0 Å². The highest BCUT2D eigenvalue weighted by Crippen LogP contribution is 2.21. The van der Waals surface area contributed by atoms with Crippen molar-refractivity contribution in [1.82, 2.24) is 15.5 Å². The molecule has 0 saturated heterocycles. The summed E-state index contributed by atoms with van der Waals surface area (Å²) in [5, 5.41) is 6.73. The number of benzene rings is 2. The van der Waals surface area contributed by atoms with Crippen LogP contribution in [0.1, 0.15) is 22.7 Å². The van der Waals surface area contributed by atoms with Crippen molar-refractivity contribution >= 4 is 41.7 Å². The van der Waals surface area contributed by atoms with E-state index in [1.54, 1.807) is 32.0 Å². The second kappa shape index (κ2) is 13.7. The first-order chi connectivity index (χ1) is 14.0. The largest absolute Gasteiger partial charge is 0.497 e. The molecule has 2 rings (SSSR count). The minimum Gasteiger partial charge on any atom is -0.497 e. The van der Waals surface area contributed by atoms with Gasteiger partial charge in [-0.1, -0.05) is 18.2 Å². The van der Waals surface area contributed by atoms with Gasteiger partial charge in [0.1, 0.15) is 11.6 Å². The molecular formula is C22H32FIN4OS. The van der Waals surface area contributed by atoms with E-state index in [2.05, 4.69) is 46.8 Å². The van der Waals surface area contributed by atoms with E-state index < -0.39 is 0 Å². The molecule has 5 nitrogen and oxygen atoms in total.